The van der Waals surface area contributed by atoms with Crippen molar-refractivity contribution in [3.05, 3.63) is 43.0 Å². The Kier molecular flexibility index (Phi) is 3.69. The number of nitrogens with one attached hydrogen (secondary N) is 2. The van der Waals surface area contributed by atoms with Crippen LogP contribution in [0.15, 0.2) is 43.0 Å². The van der Waals surface area contributed by atoms with Gasteiger partial charge in [0.15, 0.2) is 41.1 Å². The predicted octanol–water partition coefficient (Wildman–Crippen LogP) is 2.58. The van der Waals surface area contributed by atoms with Crippen molar-refractivity contribution in [3.8, 4) is 28.5 Å². The number of pyridine rings is 1. The number of aromatic nitrogens is 5. The molecule has 0 unspecified atom stereocenters. The van der Waals surface area contributed by atoms with Crippen molar-refractivity contribution in [2.75, 3.05) is 17.2 Å². The second-order valence-electron chi connectivity index (χ2n) is 6.86. The smallest absolute Gasteiger partial charge is 0.480 e. The normalized spacial score (nSPS) is 15.8. The summed E-state index contributed by atoms with van der Waals surface area (Å²) in [6, 6.07) is 5.97. The van der Waals surface area contributed by atoms with Crippen LogP contribution < -0.4 is 24.8 Å². The molecular formula is C19H11F2N7O4. The van der Waals surface area contributed by atoms with Crippen LogP contribution in [0.2, 0.25) is 0 Å². The first-order valence-corrected chi connectivity index (χ1v) is 9.24. The van der Waals surface area contributed by atoms with Gasteiger partial charge < -0.3 is 24.8 Å². The van der Waals surface area contributed by atoms with Crippen molar-refractivity contribution in [2.45, 2.75) is 6.29 Å². The molecule has 0 aliphatic carbocycles. The third kappa shape index (κ3) is 3.07. The Balaban J connectivity index is 1.38. The molecular weight excluding hydrogens is 428 g/mol. The minimum absolute atomic E-state index is 0.0675. The van der Waals surface area contributed by atoms with E-state index in [-0.39, 0.29) is 24.0 Å². The highest BCUT2D eigenvalue weighted by atomic mass is 19.3. The largest absolute Gasteiger partial charge is 0.586 e. The Morgan fingerprint density at radius 3 is 2.91 bits per heavy atom. The maximum absolute atomic E-state index is 13.3. The summed E-state index contributed by atoms with van der Waals surface area (Å²) in [6.45, 7) is -0.108. The predicted molar refractivity (Wildman–Crippen MR) is 104 cm³/mol. The van der Waals surface area contributed by atoms with E-state index >= 15 is 0 Å². The molecule has 4 aromatic rings. The van der Waals surface area contributed by atoms with Crippen LogP contribution in [-0.2, 0) is 4.79 Å². The lowest BCUT2D eigenvalue weighted by molar-refractivity contribution is -0.286. The zero-order valence-electron chi connectivity index (χ0n) is 15.9. The number of rotatable bonds is 3. The van der Waals surface area contributed by atoms with Crippen LogP contribution in [0.5, 0.6) is 17.2 Å². The third-order valence-electron chi connectivity index (χ3n) is 4.69. The second-order valence-corrected chi connectivity index (χ2v) is 6.86. The number of fused-ring (bicyclic) bond motifs is 3. The van der Waals surface area contributed by atoms with Gasteiger partial charge in [0.1, 0.15) is 6.33 Å². The highest BCUT2D eigenvalue weighted by Crippen LogP contribution is 2.42. The van der Waals surface area contributed by atoms with Gasteiger partial charge in [-0.15, -0.1) is 8.78 Å². The summed E-state index contributed by atoms with van der Waals surface area (Å²) < 4.78 is 42.4. The van der Waals surface area contributed by atoms with E-state index < -0.39 is 6.29 Å². The quantitative estimate of drug-likeness (QED) is 0.495. The Labute approximate surface area is 177 Å². The summed E-state index contributed by atoms with van der Waals surface area (Å²) in [5.74, 6) is 0.593. The van der Waals surface area contributed by atoms with Crippen molar-refractivity contribution in [1.29, 1.82) is 0 Å². The van der Waals surface area contributed by atoms with Gasteiger partial charge in [-0.05, 0) is 18.2 Å². The Morgan fingerprint density at radius 2 is 2.00 bits per heavy atom. The number of carbonyl (C=O) groups excluding carboxylic acids is 1. The molecule has 0 fully saturated rings. The summed E-state index contributed by atoms with van der Waals surface area (Å²) in [5.41, 5.74) is 1.92. The maximum atomic E-state index is 13.3. The number of nitrogens with zero attached hydrogens (tertiary/aromatic N) is 5. The van der Waals surface area contributed by atoms with Crippen LogP contribution in [0.3, 0.4) is 0 Å². The monoisotopic (exact) mass is 439 g/mol. The van der Waals surface area contributed by atoms with E-state index in [9.17, 15) is 13.6 Å². The molecule has 13 heteroatoms. The Bertz CT molecular complexity index is 1410. The average Bonchev–Trinajstić information content (AvgIpc) is 3.35. The van der Waals surface area contributed by atoms with Crippen LogP contribution in [-0.4, -0.2) is 43.4 Å². The molecule has 0 radical (unpaired) electrons. The zero-order chi connectivity index (χ0) is 21.9. The SMILES string of the molecule is O=C1COc2cc(-c3cn4ncnc4c(Nc4ccc5c(c4)OC(F)(F)O5)n3)cnc2N1. The van der Waals surface area contributed by atoms with Crippen LogP contribution in [0.4, 0.5) is 26.1 Å². The minimum Gasteiger partial charge on any atom is -0.480 e. The number of alkyl halides is 2. The number of benzene rings is 1. The van der Waals surface area contributed by atoms with Crippen molar-refractivity contribution >= 4 is 28.9 Å². The topological polar surface area (TPSA) is 125 Å². The van der Waals surface area contributed by atoms with Crippen molar-refractivity contribution < 1.29 is 27.8 Å². The Morgan fingerprint density at radius 1 is 1.12 bits per heavy atom. The summed E-state index contributed by atoms with van der Waals surface area (Å²) in [6.07, 6.45) is 0.833. The molecule has 0 saturated carbocycles. The molecule has 1 amide bonds. The number of halogens is 2. The van der Waals surface area contributed by atoms with Crippen molar-refractivity contribution in [1.82, 2.24) is 24.6 Å². The van der Waals surface area contributed by atoms with Gasteiger partial charge >= 0.3 is 6.29 Å². The van der Waals surface area contributed by atoms with Crippen LogP contribution in [0, 0.1) is 0 Å². The van der Waals surface area contributed by atoms with Gasteiger partial charge in [-0.1, -0.05) is 0 Å². The molecule has 0 spiro atoms. The minimum atomic E-state index is -3.71. The number of hydrogen-bond acceptors (Lipinski definition) is 9. The van der Waals surface area contributed by atoms with Gasteiger partial charge in [-0.25, -0.2) is 19.5 Å². The molecule has 2 N–H and O–H groups in total. The summed E-state index contributed by atoms with van der Waals surface area (Å²) >= 11 is 0. The lowest BCUT2D eigenvalue weighted by atomic mass is 10.2. The standard InChI is InChI=1S/C19H11F2N7O4/c20-19(21)31-12-2-1-10(4-13(12)32-19)25-17-18-23-8-24-28(18)6-11(26-17)9-3-14-16(22-5-9)27-15(29)7-30-14/h1-6,8H,7H2,(H,25,26)(H,22,27,29). The van der Waals surface area contributed by atoms with E-state index in [1.165, 1.54) is 29.2 Å². The number of carbonyl (C=O) groups is 1. The number of hydrogen-bond donors (Lipinski definition) is 2. The van der Waals surface area contributed by atoms with Gasteiger partial charge in [0.05, 0.1) is 11.9 Å². The summed E-state index contributed by atoms with van der Waals surface area (Å²) in [4.78, 5) is 24.4. The van der Waals surface area contributed by atoms with Crippen LogP contribution >= 0.6 is 0 Å². The summed E-state index contributed by atoms with van der Waals surface area (Å²) in [7, 11) is 0. The van der Waals surface area contributed by atoms with Crippen LogP contribution in [0.25, 0.3) is 16.9 Å². The third-order valence-corrected chi connectivity index (χ3v) is 4.69. The molecule has 0 atom stereocenters. The molecule has 3 aromatic heterocycles. The van der Waals surface area contributed by atoms with E-state index in [4.69, 9.17) is 4.74 Å². The van der Waals surface area contributed by atoms with Gasteiger partial charge in [0.25, 0.3) is 5.91 Å². The van der Waals surface area contributed by atoms with Gasteiger partial charge in [0.2, 0.25) is 0 Å². The first-order chi connectivity index (χ1) is 15.4. The summed E-state index contributed by atoms with van der Waals surface area (Å²) in [5, 5.41) is 9.82. The second kappa shape index (κ2) is 6.47. The van der Waals surface area contributed by atoms with E-state index in [1.54, 1.807) is 18.3 Å². The molecule has 6 rings (SSSR count). The number of anilines is 3. The highest BCUT2D eigenvalue weighted by Gasteiger charge is 2.43. The van der Waals surface area contributed by atoms with Gasteiger partial charge in [-0.2, -0.15) is 5.10 Å². The molecule has 1 aromatic carbocycles. The fourth-order valence-electron chi connectivity index (χ4n) is 3.32. The average molecular weight is 439 g/mol. The van der Waals surface area contributed by atoms with Crippen molar-refractivity contribution in [3.63, 3.8) is 0 Å². The molecule has 160 valence electrons. The molecule has 32 heavy (non-hydrogen) atoms. The maximum Gasteiger partial charge on any atom is 0.586 e. The fraction of sp³-hybridized carbons (Fsp3) is 0.105. The first-order valence-electron chi connectivity index (χ1n) is 9.24. The lowest BCUT2D eigenvalue weighted by Crippen LogP contribution is -2.26. The van der Waals surface area contributed by atoms with E-state index in [0.29, 0.717) is 40.0 Å². The van der Waals surface area contributed by atoms with Gasteiger partial charge in [-0.3, -0.25) is 4.79 Å². The van der Waals surface area contributed by atoms with Crippen molar-refractivity contribution in [2.24, 2.45) is 0 Å². The van der Waals surface area contributed by atoms with Gasteiger partial charge in [0, 0.05) is 23.5 Å². The van der Waals surface area contributed by atoms with E-state index in [0.717, 1.165) is 0 Å². The molecule has 11 nitrogen and oxygen atoms in total. The van der Waals surface area contributed by atoms with E-state index in [1.807, 2.05) is 0 Å². The molecule has 2 aliphatic heterocycles. The van der Waals surface area contributed by atoms with Crippen LogP contribution in [0.1, 0.15) is 0 Å². The zero-order valence-corrected chi connectivity index (χ0v) is 15.9. The molecule has 0 bridgehead atoms. The number of ether oxygens (including phenoxy) is 3. The van der Waals surface area contributed by atoms with E-state index in [2.05, 4.69) is 40.2 Å². The molecule has 5 heterocycles. The lowest BCUT2D eigenvalue weighted by Gasteiger charge is -2.17. The first kappa shape index (κ1) is 18.2. The molecule has 2 aliphatic rings. The fourth-order valence-corrected chi connectivity index (χ4v) is 3.32. The highest BCUT2D eigenvalue weighted by molar-refractivity contribution is 5.94. The Hall–Kier alpha value is -4.55. The number of amides is 1. The molecule has 0 saturated heterocycles.